The molecule has 1 aromatic carbocycles. The number of hydrogen-bond donors (Lipinski definition) is 3. The maximum Gasteiger partial charge on any atom is 0.114 e. The average molecular weight is 274 g/mol. The number of piperidine rings is 1. The molecule has 0 unspecified atom stereocenters. The third-order valence-corrected chi connectivity index (χ3v) is 4.09. The smallest absolute Gasteiger partial charge is 0.114 e. The maximum absolute atomic E-state index is 6.03. The normalized spacial score (nSPS) is 17.6. The highest BCUT2D eigenvalue weighted by molar-refractivity contribution is 5.76. The topological polar surface area (TPSA) is 66.7 Å². The predicted molar refractivity (Wildman–Crippen MR) is 85.0 cm³/mol. The molecule has 4 N–H and O–H groups in total. The van der Waals surface area contributed by atoms with Crippen LogP contribution in [-0.2, 0) is 5.41 Å². The number of aryl methyl sites for hydroxylation is 1. The standard InChI is InChI=1S/C14H20N4.C2H6/c1-10-2-3-11-12(8-10)18-13(17-11)14(9-15)4-6-16-7-5-14;1-2/h2-3,8,16H,4-7,9,15H2,1H3,(H,17,18);1-2H3. The monoisotopic (exact) mass is 274 g/mol. The highest BCUT2D eigenvalue weighted by Gasteiger charge is 2.35. The number of rotatable bonds is 2. The summed E-state index contributed by atoms with van der Waals surface area (Å²) in [6.45, 7) is 8.80. The first-order valence-electron chi connectivity index (χ1n) is 7.61. The van der Waals surface area contributed by atoms with Crippen molar-refractivity contribution >= 4 is 11.0 Å². The molecule has 0 saturated carbocycles. The minimum Gasteiger partial charge on any atom is -0.341 e. The second kappa shape index (κ2) is 6.37. The molecule has 4 nitrogen and oxygen atoms in total. The van der Waals surface area contributed by atoms with Crippen LogP contribution in [0.5, 0.6) is 0 Å². The number of fused-ring (bicyclic) bond motifs is 1. The van der Waals surface area contributed by atoms with Crippen LogP contribution >= 0.6 is 0 Å². The van der Waals surface area contributed by atoms with E-state index in [0.717, 1.165) is 42.8 Å². The number of aromatic nitrogens is 2. The first-order chi connectivity index (χ1) is 9.73. The maximum atomic E-state index is 6.03. The molecule has 4 heteroatoms. The summed E-state index contributed by atoms with van der Waals surface area (Å²) < 4.78 is 0. The fraction of sp³-hybridized carbons (Fsp3) is 0.562. The lowest BCUT2D eigenvalue weighted by Crippen LogP contribution is -2.45. The Balaban J connectivity index is 0.000000704. The fourth-order valence-electron chi connectivity index (χ4n) is 2.82. The van der Waals surface area contributed by atoms with Gasteiger partial charge in [0.05, 0.1) is 11.0 Å². The molecule has 0 aliphatic carbocycles. The molecule has 1 fully saturated rings. The summed E-state index contributed by atoms with van der Waals surface area (Å²) in [4.78, 5) is 8.24. The number of hydrogen-bond acceptors (Lipinski definition) is 3. The molecule has 2 heterocycles. The van der Waals surface area contributed by atoms with Crippen molar-refractivity contribution in [3.05, 3.63) is 29.6 Å². The van der Waals surface area contributed by atoms with Crippen molar-refractivity contribution in [2.45, 2.75) is 39.0 Å². The van der Waals surface area contributed by atoms with E-state index in [0.29, 0.717) is 6.54 Å². The molecule has 0 amide bonds. The molecule has 3 rings (SSSR count). The minimum absolute atomic E-state index is 0.0260. The highest BCUT2D eigenvalue weighted by atomic mass is 15.0. The van der Waals surface area contributed by atoms with E-state index < -0.39 is 0 Å². The molecule has 20 heavy (non-hydrogen) atoms. The summed E-state index contributed by atoms with van der Waals surface area (Å²) in [6, 6.07) is 6.33. The molecule has 1 aromatic heterocycles. The number of aromatic amines is 1. The number of imidazole rings is 1. The van der Waals surface area contributed by atoms with Crippen LogP contribution in [0.1, 0.15) is 38.1 Å². The third kappa shape index (κ3) is 2.72. The molecule has 2 aromatic rings. The van der Waals surface area contributed by atoms with Crippen LogP contribution in [-0.4, -0.2) is 29.6 Å². The van der Waals surface area contributed by atoms with Gasteiger partial charge < -0.3 is 16.0 Å². The molecule has 0 bridgehead atoms. The van der Waals surface area contributed by atoms with Crippen LogP contribution < -0.4 is 11.1 Å². The quantitative estimate of drug-likeness (QED) is 0.788. The Morgan fingerprint density at radius 1 is 1.25 bits per heavy atom. The van der Waals surface area contributed by atoms with Gasteiger partial charge in [-0.15, -0.1) is 0 Å². The summed E-state index contributed by atoms with van der Waals surface area (Å²) in [7, 11) is 0. The van der Waals surface area contributed by atoms with Crippen molar-refractivity contribution in [2.75, 3.05) is 19.6 Å². The van der Waals surface area contributed by atoms with Crippen LogP contribution in [0.15, 0.2) is 18.2 Å². The number of nitrogens with zero attached hydrogens (tertiary/aromatic N) is 1. The van der Waals surface area contributed by atoms with Crippen LogP contribution in [0.3, 0.4) is 0 Å². The van der Waals surface area contributed by atoms with E-state index in [1.807, 2.05) is 13.8 Å². The van der Waals surface area contributed by atoms with Crippen LogP contribution in [0, 0.1) is 6.92 Å². The molecule has 0 spiro atoms. The predicted octanol–water partition coefficient (Wildman–Crippen LogP) is 2.48. The number of H-pyrrole nitrogens is 1. The van der Waals surface area contributed by atoms with Crippen LogP contribution in [0.25, 0.3) is 11.0 Å². The lowest BCUT2D eigenvalue weighted by molar-refractivity contribution is 0.302. The average Bonchev–Trinajstić information content (AvgIpc) is 2.93. The van der Waals surface area contributed by atoms with Gasteiger partial charge in [0.15, 0.2) is 0 Å². The molecule has 0 atom stereocenters. The van der Waals surface area contributed by atoms with Crippen molar-refractivity contribution in [1.82, 2.24) is 15.3 Å². The van der Waals surface area contributed by atoms with E-state index in [-0.39, 0.29) is 5.41 Å². The van der Waals surface area contributed by atoms with Gasteiger partial charge in [-0.1, -0.05) is 19.9 Å². The van der Waals surface area contributed by atoms with E-state index in [2.05, 4.69) is 35.4 Å². The van der Waals surface area contributed by atoms with Gasteiger partial charge in [0.1, 0.15) is 5.82 Å². The van der Waals surface area contributed by atoms with Gasteiger partial charge >= 0.3 is 0 Å². The van der Waals surface area contributed by atoms with Gasteiger partial charge in [0.25, 0.3) is 0 Å². The second-order valence-corrected chi connectivity index (χ2v) is 5.34. The Hall–Kier alpha value is -1.39. The van der Waals surface area contributed by atoms with Crippen LogP contribution in [0.2, 0.25) is 0 Å². The Morgan fingerprint density at radius 2 is 1.95 bits per heavy atom. The van der Waals surface area contributed by atoms with Gasteiger partial charge in [-0.25, -0.2) is 4.98 Å². The number of nitrogens with one attached hydrogen (secondary N) is 2. The van der Waals surface area contributed by atoms with Crippen molar-refractivity contribution in [1.29, 1.82) is 0 Å². The largest absolute Gasteiger partial charge is 0.341 e. The molecule has 0 radical (unpaired) electrons. The highest BCUT2D eigenvalue weighted by Crippen LogP contribution is 2.31. The fourth-order valence-corrected chi connectivity index (χ4v) is 2.82. The zero-order valence-corrected chi connectivity index (χ0v) is 12.8. The van der Waals surface area contributed by atoms with E-state index in [4.69, 9.17) is 10.7 Å². The number of nitrogens with two attached hydrogens (primary N) is 1. The molecular weight excluding hydrogens is 248 g/mol. The summed E-state index contributed by atoms with van der Waals surface area (Å²) in [6.07, 6.45) is 2.12. The Morgan fingerprint density at radius 3 is 2.60 bits per heavy atom. The molecular formula is C16H26N4. The number of benzene rings is 1. The van der Waals surface area contributed by atoms with Gasteiger partial charge in [0.2, 0.25) is 0 Å². The molecule has 1 aliphatic rings. The Bertz CT molecular complexity index is 553. The van der Waals surface area contributed by atoms with Crippen molar-refractivity contribution in [3.63, 3.8) is 0 Å². The second-order valence-electron chi connectivity index (χ2n) is 5.34. The SMILES string of the molecule is CC.Cc1ccc2nc(C3(CN)CCNCC3)[nH]c2c1. The summed E-state index contributed by atoms with van der Waals surface area (Å²) in [5.41, 5.74) is 9.48. The van der Waals surface area contributed by atoms with E-state index in [9.17, 15) is 0 Å². The summed E-state index contributed by atoms with van der Waals surface area (Å²) >= 11 is 0. The summed E-state index contributed by atoms with van der Waals surface area (Å²) in [5.74, 6) is 1.06. The van der Waals surface area contributed by atoms with Gasteiger partial charge in [0, 0.05) is 12.0 Å². The van der Waals surface area contributed by atoms with Gasteiger partial charge in [-0.3, -0.25) is 0 Å². The third-order valence-electron chi connectivity index (χ3n) is 4.09. The molecule has 1 saturated heterocycles. The van der Waals surface area contributed by atoms with E-state index >= 15 is 0 Å². The van der Waals surface area contributed by atoms with Crippen molar-refractivity contribution < 1.29 is 0 Å². The Labute approximate surface area is 121 Å². The van der Waals surface area contributed by atoms with Crippen molar-refractivity contribution in [2.24, 2.45) is 5.73 Å². The Kier molecular flexibility index (Phi) is 4.78. The lowest BCUT2D eigenvalue weighted by atomic mass is 9.78. The van der Waals surface area contributed by atoms with Gasteiger partial charge in [-0.05, 0) is 50.6 Å². The first-order valence-corrected chi connectivity index (χ1v) is 7.61. The van der Waals surface area contributed by atoms with Gasteiger partial charge in [-0.2, -0.15) is 0 Å². The molecule has 1 aliphatic heterocycles. The molecule has 110 valence electrons. The van der Waals surface area contributed by atoms with E-state index in [1.165, 1.54) is 5.56 Å². The first kappa shape index (κ1) is 15.0. The zero-order chi connectivity index (χ0) is 14.6. The van der Waals surface area contributed by atoms with E-state index in [1.54, 1.807) is 0 Å². The minimum atomic E-state index is 0.0260. The summed E-state index contributed by atoms with van der Waals surface area (Å²) in [5, 5.41) is 3.39. The van der Waals surface area contributed by atoms with Crippen LogP contribution in [0.4, 0.5) is 0 Å². The van der Waals surface area contributed by atoms with Crippen molar-refractivity contribution in [3.8, 4) is 0 Å². The zero-order valence-electron chi connectivity index (χ0n) is 12.8. The lowest BCUT2D eigenvalue weighted by Gasteiger charge is -2.34.